The van der Waals surface area contributed by atoms with Crippen molar-refractivity contribution in [1.29, 1.82) is 0 Å². The van der Waals surface area contributed by atoms with Gasteiger partial charge in [-0.3, -0.25) is 0 Å². The standard InChI is InChI=1S/C45H36O/c46-40-32-31-39(41(33-19-7-1-8-20-33)34-21-9-2-10-22-34)44(42(35-23-11-3-12-24-35)36-25-13-4-14-26-36)45(40)43(37-27-15-5-16-28-37)38-29-17-6-18-30-38/h1-32,41-43,46H. The number of hydrogen-bond donors (Lipinski definition) is 1. The number of phenols is 1. The van der Waals surface area contributed by atoms with Gasteiger partial charge in [-0.2, -0.15) is 0 Å². The Hall–Kier alpha value is -5.66. The van der Waals surface area contributed by atoms with Gasteiger partial charge in [0.05, 0.1) is 0 Å². The number of aromatic hydroxyl groups is 1. The van der Waals surface area contributed by atoms with Crippen LogP contribution in [-0.2, 0) is 0 Å². The lowest BCUT2D eigenvalue weighted by Crippen LogP contribution is -2.17. The van der Waals surface area contributed by atoms with Crippen molar-refractivity contribution in [3.63, 3.8) is 0 Å². The summed E-state index contributed by atoms with van der Waals surface area (Å²) in [7, 11) is 0. The SMILES string of the molecule is Oc1ccc(C(c2ccccc2)c2ccccc2)c(C(c2ccccc2)c2ccccc2)c1C(c1ccccc1)c1ccccc1. The molecule has 0 aliphatic carbocycles. The Morgan fingerprint density at radius 1 is 0.261 bits per heavy atom. The predicted octanol–water partition coefficient (Wildman–Crippen LogP) is 10.9. The number of benzene rings is 7. The third-order valence-corrected chi connectivity index (χ3v) is 8.98. The highest BCUT2D eigenvalue weighted by Crippen LogP contribution is 2.49. The summed E-state index contributed by atoms with van der Waals surface area (Å²) in [4.78, 5) is 0. The zero-order valence-corrected chi connectivity index (χ0v) is 25.7. The Morgan fingerprint density at radius 3 is 0.826 bits per heavy atom. The zero-order chi connectivity index (χ0) is 31.1. The Kier molecular flexibility index (Phi) is 8.56. The van der Waals surface area contributed by atoms with Crippen LogP contribution in [0.25, 0.3) is 0 Å². The van der Waals surface area contributed by atoms with Crippen LogP contribution in [0.15, 0.2) is 194 Å². The molecular formula is C45H36O. The minimum absolute atomic E-state index is 0.0566. The van der Waals surface area contributed by atoms with Gasteiger partial charge in [0, 0.05) is 23.3 Å². The van der Waals surface area contributed by atoms with Gasteiger partial charge in [-0.15, -0.1) is 0 Å². The predicted molar refractivity (Wildman–Crippen MR) is 190 cm³/mol. The molecule has 0 radical (unpaired) electrons. The summed E-state index contributed by atoms with van der Waals surface area (Å²) in [6.45, 7) is 0. The summed E-state index contributed by atoms with van der Waals surface area (Å²) in [5.41, 5.74) is 10.3. The van der Waals surface area contributed by atoms with E-state index in [1.165, 1.54) is 27.8 Å². The summed E-state index contributed by atoms with van der Waals surface area (Å²) in [6.07, 6.45) is 0. The summed E-state index contributed by atoms with van der Waals surface area (Å²) in [5, 5.41) is 12.2. The highest BCUT2D eigenvalue weighted by molar-refractivity contribution is 5.63. The first-order valence-electron chi connectivity index (χ1n) is 15.9. The van der Waals surface area contributed by atoms with Crippen LogP contribution in [0.4, 0.5) is 0 Å². The van der Waals surface area contributed by atoms with E-state index in [1.54, 1.807) is 0 Å². The number of rotatable bonds is 9. The van der Waals surface area contributed by atoms with Crippen LogP contribution in [0.2, 0.25) is 0 Å². The van der Waals surface area contributed by atoms with E-state index in [-0.39, 0.29) is 17.8 Å². The average molecular weight is 593 g/mol. The Morgan fingerprint density at radius 2 is 0.522 bits per heavy atom. The Labute approximate surface area is 272 Å². The van der Waals surface area contributed by atoms with Crippen LogP contribution in [-0.4, -0.2) is 5.11 Å². The molecule has 0 aliphatic heterocycles. The fraction of sp³-hybridized carbons (Fsp3) is 0.0667. The van der Waals surface area contributed by atoms with Crippen molar-refractivity contribution in [1.82, 2.24) is 0 Å². The third-order valence-electron chi connectivity index (χ3n) is 8.98. The summed E-state index contributed by atoms with van der Waals surface area (Å²) >= 11 is 0. The lowest BCUT2D eigenvalue weighted by Gasteiger charge is -2.33. The molecule has 7 aromatic carbocycles. The van der Waals surface area contributed by atoms with Crippen LogP contribution in [0.5, 0.6) is 5.75 Å². The molecule has 0 amide bonds. The fourth-order valence-electron chi connectivity index (χ4n) is 7.00. The number of hydrogen-bond acceptors (Lipinski definition) is 1. The molecule has 0 fully saturated rings. The van der Waals surface area contributed by atoms with Gasteiger partial charge in [0.1, 0.15) is 5.75 Å². The lowest BCUT2D eigenvalue weighted by atomic mass is 9.70. The van der Waals surface area contributed by atoms with Crippen molar-refractivity contribution in [3.05, 3.63) is 244 Å². The van der Waals surface area contributed by atoms with E-state index in [1.807, 2.05) is 6.07 Å². The van der Waals surface area contributed by atoms with Crippen LogP contribution in [0.3, 0.4) is 0 Å². The maximum Gasteiger partial charge on any atom is 0.120 e. The van der Waals surface area contributed by atoms with Crippen molar-refractivity contribution in [2.24, 2.45) is 0 Å². The zero-order valence-electron chi connectivity index (χ0n) is 25.7. The molecule has 0 aromatic heterocycles. The van der Waals surface area contributed by atoms with E-state index in [9.17, 15) is 5.11 Å². The van der Waals surface area contributed by atoms with Gasteiger partial charge in [0.15, 0.2) is 0 Å². The molecule has 0 unspecified atom stereocenters. The average Bonchev–Trinajstić information content (AvgIpc) is 3.13. The van der Waals surface area contributed by atoms with Gasteiger partial charge >= 0.3 is 0 Å². The van der Waals surface area contributed by atoms with Crippen molar-refractivity contribution >= 4 is 0 Å². The highest BCUT2D eigenvalue weighted by Gasteiger charge is 2.33. The van der Waals surface area contributed by atoms with Gasteiger partial charge in [0.2, 0.25) is 0 Å². The molecule has 222 valence electrons. The molecule has 0 saturated heterocycles. The molecule has 0 bridgehead atoms. The molecule has 0 atom stereocenters. The molecule has 7 rings (SSSR count). The molecule has 0 heterocycles. The van der Waals surface area contributed by atoms with E-state index < -0.39 is 0 Å². The van der Waals surface area contributed by atoms with Crippen LogP contribution >= 0.6 is 0 Å². The van der Waals surface area contributed by atoms with Crippen LogP contribution < -0.4 is 0 Å². The van der Waals surface area contributed by atoms with Crippen molar-refractivity contribution in [3.8, 4) is 5.75 Å². The second-order valence-corrected chi connectivity index (χ2v) is 11.8. The largest absolute Gasteiger partial charge is 0.508 e. The van der Waals surface area contributed by atoms with Gasteiger partial charge in [-0.1, -0.05) is 188 Å². The molecule has 0 aliphatic rings. The smallest absolute Gasteiger partial charge is 0.120 e. The monoisotopic (exact) mass is 592 g/mol. The fourth-order valence-corrected chi connectivity index (χ4v) is 7.00. The summed E-state index contributed by atoms with van der Waals surface area (Å²) in [6, 6.07) is 68.3. The molecule has 1 nitrogen and oxygen atoms in total. The van der Waals surface area contributed by atoms with Gasteiger partial charge in [-0.25, -0.2) is 0 Å². The molecular weight excluding hydrogens is 556 g/mol. The number of phenolic OH excluding ortho intramolecular Hbond substituents is 1. The molecule has 46 heavy (non-hydrogen) atoms. The van der Waals surface area contributed by atoms with Gasteiger partial charge < -0.3 is 5.11 Å². The minimum Gasteiger partial charge on any atom is -0.508 e. The van der Waals surface area contributed by atoms with Gasteiger partial charge in [-0.05, 0) is 50.6 Å². The van der Waals surface area contributed by atoms with E-state index in [0.717, 1.165) is 22.3 Å². The summed E-state index contributed by atoms with van der Waals surface area (Å²) in [5.74, 6) is -0.0871. The highest BCUT2D eigenvalue weighted by atomic mass is 16.3. The van der Waals surface area contributed by atoms with Crippen molar-refractivity contribution in [2.75, 3.05) is 0 Å². The van der Waals surface area contributed by atoms with Crippen molar-refractivity contribution in [2.45, 2.75) is 17.8 Å². The second-order valence-electron chi connectivity index (χ2n) is 11.8. The first-order chi connectivity index (χ1) is 22.8. The Balaban J connectivity index is 1.63. The normalized spacial score (nSPS) is 11.3. The molecule has 7 aromatic rings. The molecule has 0 spiro atoms. The van der Waals surface area contributed by atoms with E-state index in [2.05, 4.69) is 188 Å². The maximum absolute atomic E-state index is 12.2. The Bertz CT molecular complexity index is 1850. The first kappa shape index (κ1) is 29.1. The second kappa shape index (κ2) is 13.5. The van der Waals surface area contributed by atoms with Crippen LogP contribution in [0, 0.1) is 0 Å². The lowest BCUT2D eigenvalue weighted by molar-refractivity contribution is 0.465. The summed E-state index contributed by atoms with van der Waals surface area (Å²) < 4.78 is 0. The molecule has 0 saturated carbocycles. The minimum atomic E-state index is -0.195. The van der Waals surface area contributed by atoms with Gasteiger partial charge in [0.25, 0.3) is 0 Å². The third kappa shape index (κ3) is 5.88. The first-order valence-corrected chi connectivity index (χ1v) is 15.9. The van der Waals surface area contributed by atoms with Crippen molar-refractivity contribution < 1.29 is 5.11 Å². The topological polar surface area (TPSA) is 20.2 Å². The van der Waals surface area contributed by atoms with E-state index >= 15 is 0 Å². The van der Waals surface area contributed by atoms with Crippen LogP contribution in [0.1, 0.15) is 67.8 Å². The molecule has 1 N–H and O–H groups in total. The van der Waals surface area contributed by atoms with E-state index in [4.69, 9.17) is 0 Å². The maximum atomic E-state index is 12.2. The molecule has 1 heteroatoms. The van der Waals surface area contributed by atoms with E-state index in [0.29, 0.717) is 5.75 Å². The quantitative estimate of drug-likeness (QED) is 0.165.